The molecule has 0 aliphatic heterocycles. The lowest BCUT2D eigenvalue weighted by Crippen LogP contribution is -2.36. The van der Waals surface area contributed by atoms with Crippen molar-refractivity contribution in [1.29, 1.82) is 0 Å². The maximum atomic E-state index is 13.8. The minimum atomic E-state index is -3.83. The number of rotatable bonds is 11. The molecule has 0 spiro atoms. The van der Waals surface area contributed by atoms with Crippen LogP contribution in [0, 0.1) is 6.92 Å². The van der Waals surface area contributed by atoms with Gasteiger partial charge in [0.15, 0.2) is 21.5 Å². The van der Waals surface area contributed by atoms with Gasteiger partial charge in [-0.1, -0.05) is 12.1 Å². The van der Waals surface area contributed by atoms with Crippen molar-refractivity contribution in [1.82, 2.24) is 35.0 Å². The number of aryl methyl sites for hydroxylation is 1. The molecule has 3 aromatic heterocycles. The molecular formula is C26H31N7O5S. The molecule has 0 radical (unpaired) electrons. The van der Waals surface area contributed by atoms with E-state index in [9.17, 15) is 8.42 Å². The van der Waals surface area contributed by atoms with E-state index in [4.69, 9.17) is 14.2 Å². The van der Waals surface area contributed by atoms with E-state index >= 15 is 0 Å². The van der Waals surface area contributed by atoms with Crippen LogP contribution in [0.5, 0.6) is 17.4 Å². The second kappa shape index (κ2) is 11.7. The Hall–Kier alpha value is -4.10. The van der Waals surface area contributed by atoms with Crippen molar-refractivity contribution in [3.8, 4) is 34.6 Å². The molecule has 4 aromatic rings. The van der Waals surface area contributed by atoms with Crippen LogP contribution in [0.3, 0.4) is 0 Å². The van der Waals surface area contributed by atoms with Gasteiger partial charge in [-0.05, 0) is 44.7 Å². The van der Waals surface area contributed by atoms with Crippen LogP contribution >= 0.6 is 0 Å². The number of sulfone groups is 1. The summed E-state index contributed by atoms with van der Waals surface area (Å²) in [7, 11) is 2.39. The zero-order valence-corrected chi connectivity index (χ0v) is 23.4. The van der Waals surface area contributed by atoms with Gasteiger partial charge in [-0.15, -0.1) is 10.2 Å². The fourth-order valence-corrected chi connectivity index (χ4v) is 5.65. The third-order valence-corrected chi connectivity index (χ3v) is 8.34. The standard InChI is InChI=1S/C26H31N7O5S/c1-16-13-28-25(29-14-16)23(27-3)17(2)39(34,35)15-21-31-32-26(18-9-7-12-22(30-18)38-6)33(21)24-19(36-4)10-8-11-20(24)37-5/h7-14,17,23,27H,15H2,1-6H3/t17-,23-/m1/s1. The van der Waals surface area contributed by atoms with Crippen LogP contribution in [0.1, 0.15) is 30.2 Å². The Kier molecular flexibility index (Phi) is 8.41. The summed E-state index contributed by atoms with van der Waals surface area (Å²) in [5, 5.41) is 10.8. The SMILES string of the molecule is CN[C@@H](c1ncc(C)cn1)[C@@H](C)S(=O)(=O)Cc1nnc(-c2cccc(OC)n2)n1-c1c(OC)cccc1OC. The van der Waals surface area contributed by atoms with Crippen LogP contribution in [0.25, 0.3) is 17.2 Å². The summed E-state index contributed by atoms with van der Waals surface area (Å²) in [5.74, 6) is 1.64. The van der Waals surface area contributed by atoms with Gasteiger partial charge < -0.3 is 19.5 Å². The van der Waals surface area contributed by atoms with Crippen molar-refractivity contribution < 1.29 is 22.6 Å². The molecule has 0 saturated carbocycles. The molecule has 0 aliphatic carbocycles. The molecule has 0 fully saturated rings. The number of ether oxygens (including phenoxy) is 3. The average molecular weight is 554 g/mol. The first-order valence-electron chi connectivity index (χ1n) is 12.1. The first kappa shape index (κ1) is 27.9. The molecule has 0 bridgehead atoms. The molecule has 206 valence electrons. The molecule has 2 atom stereocenters. The number of nitrogens with one attached hydrogen (secondary N) is 1. The number of benzene rings is 1. The second-order valence-electron chi connectivity index (χ2n) is 8.75. The Morgan fingerprint density at radius 3 is 2.18 bits per heavy atom. The Morgan fingerprint density at radius 1 is 0.949 bits per heavy atom. The van der Waals surface area contributed by atoms with E-state index in [1.54, 1.807) is 67.3 Å². The first-order chi connectivity index (χ1) is 18.7. The van der Waals surface area contributed by atoms with Crippen LogP contribution in [-0.2, 0) is 15.6 Å². The lowest BCUT2D eigenvalue weighted by molar-refractivity contribution is 0.390. The Bertz CT molecular complexity index is 1520. The molecule has 0 saturated heterocycles. The highest BCUT2D eigenvalue weighted by molar-refractivity contribution is 7.91. The number of para-hydroxylation sites is 1. The van der Waals surface area contributed by atoms with Crippen LogP contribution in [-0.4, -0.2) is 71.8 Å². The molecule has 0 aliphatic rings. The normalized spacial score (nSPS) is 13.1. The monoisotopic (exact) mass is 553 g/mol. The summed E-state index contributed by atoms with van der Waals surface area (Å²) in [5.41, 5.74) is 1.74. The van der Waals surface area contributed by atoms with Crippen molar-refractivity contribution in [3.05, 3.63) is 66.0 Å². The maximum absolute atomic E-state index is 13.8. The van der Waals surface area contributed by atoms with Crippen molar-refractivity contribution in [2.24, 2.45) is 0 Å². The Morgan fingerprint density at radius 2 is 1.59 bits per heavy atom. The average Bonchev–Trinajstić information content (AvgIpc) is 3.35. The van der Waals surface area contributed by atoms with Crippen molar-refractivity contribution in [2.75, 3.05) is 28.4 Å². The van der Waals surface area contributed by atoms with E-state index in [1.807, 2.05) is 6.92 Å². The van der Waals surface area contributed by atoms with Gasteiger partial charge >= 0.3 is 0 Å². The summed E-state index contributed by atoms with van der Waals surface area (Å²) in [6.45, 7) is 3.49. The van der Waals surface area contributed by atoms with E-state index in [0.29, 0.717) is 40.4 Å². The predicted octanol–water partition coefficient (Wildman–Crippen LogP) is 2.72. The Balaban J connectivity index is 1.85. The largest absolute Gasteiger partial charge is 0.494 e. The van der Waals surface area contributed by atoms with Gasteiger partial charge in [0.05, 0.1) is 32.6 Å². The first-order valence-corrected chi connectivity index (χ1v) is 13.8. The third kappa shape index (κ3) is 5.68. The molecular weight excluding hydrogens is 522 g/mol. The molecule has 39 heavy (non-hydrogen) atoms. The lowest BCUT2D eigenvalue weighted by atomic mass is 10.2. The van der Waals surface area contributed by atoms with Crippen LogP contribution in [0.2, 0.25) is 0 Å². The van der Waals surface area contributed by atoms with E-state index in [0.717, 1.165) is 5.56 Å². The van der Waals surface area contributed by atoms with E-state index in [1.165, 1.54) is 21.3 Å². The third-order valence-electron chi connectivity index (χ3n) is 6.27. The minimum absolute atomic E-state index is 0.156. The van der Waals surface area contributed by atoms with Gasteiger partial charge in [-0.25, -0.2) is 23.4 Å². The van der Waals surface area contributed by atoms with Gasteiger partial charge in [0, 0.05) is 18.5 Å². The van der Waals surface area contributed by atoms with Gasteiger partial charge in [0.25, 0.3) is 0 Å². The fraction of sp³-hybridized carbons (Fsp3) is 0.346. The zero-order chi connectivity index (χ0) is 28.2. The second-order valence-corrected chi connectivity index (χ2v) is 11.1. The molecule has 0 unspecified atom stereocenters. The van der Waals surface area contributed by atoms with Gasteiger partial charge in [0.1, 0.15) is 34.5 Å². The van der Waals surface area contributed by atoms with E-state index in [-0.39, 0.29) is 5.82 Å². The number of hydrogen-bond donors (Lipinski definition) is 1. The molecule has 1 aromatic carbocycles. The fourth-order valence-electron chi connectivity index (χ4n) is 4.17. The van der Waals surface area contributed by atoms with Gasteiger partial charge in [-0.2, -0.15) is 0 Å². The summed E-state index contributed by atoms with van der Waals surface area (Å²) in [6, 6.07) is 9.81. The summed E-state index contributed by atoms with van der Waals surface area (Å²) < 4.78 is 45.7. The summed E-state index contributed by atoms with van der Waals surface area (Å²) >= 11 is 0. The summed E-state index contributed by atoms with van der Waals surface area (Å²) in [4.78, 5) is 13.2. The molecule has 13 heteroatoms. The molecule has 12 nitrogen and oxygen atoms in total. The van der Waals surface area contributed by atoms with Crippen LogP contribution < -0.4 is 19.5 Å². The number of nitrogens with zero attached hydrogens (tertiary/aromatic N) is 6. The van der Waals surface area contributed by atoms with Crippen LogP contribution in [0.4, 0.5) is 0 Å². The van der Waals surface area contributed by atoms with Gasteiger partial charge in [-0.3, -0.25) is 4.57 Å². The summed E-state index contributed by atoms with van der Waals surface area (Å²) in [6.07, 6.45) is 3.31. The highest BCUT2D eigenvalue weighted by Crippen LogP contribution is 2.37. The highest BCUT2D eigenvalue weighted by atomic mass is 32.2. The Labute approximate surface area is 227 Å². The number of pyridine rings is 1. The predicted molar refractivity (Wildman–Crippen MR) is 145 cm³/mol. The molecule has 1 N–H and O–H groups in total. The molecule has 0 amide bonds. The van der Waals surface area contributed by atoms with Crippen molar-refractivity contribution in [3.63, 3.8) is 0 Å². The maximum Gasteiger partial charge on any atom is 0.213 e. The van der Waals surface area contributed by atoms with Crippen molar-refractivity contribution in [2.45, 2.75) is 30.9 Å². The zero-order valence-electron chi connectivity index (χ0n) is 22.6. The smallest absolute Gasteiger partial charge is 0.213 e. The lowest BCUT2D eigenvalue weighted by Gasteiger charge is -2.23. The molecule has 4 rings (SSSR count). The number of aromatic nitrogens is 6. The van der Waals surface area contributed by atoms with Crippen LogP contribution in [0.15, 0.2) is 48.8 Å². The minimum Gasteiger partial charge on any atom is -0.494 e. The quantitative estimate of drug-likeness (QED) is 0.293. The number of methoxy groups -OCH3 is 3. The molecule has 3 heterocycles. The topological polar surface area (TPSA) is 143 Å². The van der Waals surface area contributed by atoms with E-state index in [2.05, 4.69) is 30.5 Å². The van der Waals surface area contributed by atoms with E-state index < -0.39 is 26.9 Å². The van der Waals surface area contributed by atoms with Gasteiger partial charge in [0.2, 0.25) is 5.88 Å². The highest BCUT2D eigenvalue weighted by Gasteiger charge is 2.34. The number of hydrogen-bond acceptors (Lipinski definition) is 11. The van der Waals surface area contributed by atoms with Crippen molar-refractivity contribution >= 4 is 9.84 Å².